The van der Waals surface area contributed by atoms with E-state index in [2.05, 4.69) is 33.0 Å². The number of carbonyl (C=O) groups excluding carboxylic acids is 1. The van der Waals surface area contributed by atoms with Gasteiger partial charge in [-0.1, -0.05) is 34.6 Å². The van der Waals surface area contributed by atoms with Crippen molar-refractivity contribution < 1.29 is 9.53 Å². The van der Waals surface area contributed by atoms with Crippen LogP contribution in [0.5, 0.6) is 0 Å². The molecule has 0 atom stereocenters. The average Bonchev–Trinajstić information content (AvgIpc) is 2.12. The predicted molar refractivity (Wildman–Crippen MR) is 74.5 cm³/mol. The molecule has 1 rings (SSSR count). The second-order valence-corrected chi connectivity index (χ2v) is 7.23. The van der Waals surface area contributed by atoms with Crippen LogP contribution in [0.1, 0.15) is 60.3 Å². The summed E-state index contributed by atoms with van der Waals surface area (Å²) in [5, 5.41) is 3.13. The van der Waals surface area contributed by atoms with E-state index >= 15 is 0 Å². The Bertz CT molecular complexity index is 268. The van der Waals surface area contributed by atoms with E-state index in [0.717, 1.165) is 19.3 Å². The predicted octanol–water partition coefficient (Wildman–Crippen LogP) is 3.13. The molecule has 0 aromatic carbocycles. The summed E-state index contributed by atoms with van der Waals surface area (Å²) in [6, 6.07) is 0.293. The molecule has 0 bridgehead atoms. The lowest BCUT2D eigenvalue weighted by atomic mass is 9.63. The molecule has 1 N–H and O–H groups in total. The Labute approximate surface area is 112 Å². The highest BCUT2D eigenvalue weighted by Crippen LogP contribution is 2.45. The third-order valence-electron chi connectivity index (χ3n) is 3.50. The number of hydrogen-bond acceptors (Lipinski definition) is 2. The minimum Gasteiger partial charge on any atom is -0.372 e. The zero-order valence-corrected chi connectivity index (χ0v) is 12.6. The van der Waals surface area contributed by atoms with Crippen LogP contribution in [0.3, 0.4) is 0 Å². The molecule has 1 aliphatic carbocycles. The van der Waals surface area contributed by atoms with Crippen LogP contribution in [0.4, 0.5) is 0 Å². The Balaban J connectivity index is 2.44. The fourth-order valence-electron chi connectivity index (χ4n) is 3.53. The number of ether oxygens (including phenoxy) is 1. The van der Waals surface area contributed by atoms with Gasteiger partial charge in [0.05, 0.1) is 0 Å². The van der Waals surface area contributed by atoms with Gasteiger partial charge in [-0.05, 0) is 36.5 Å². The molecule has 106 valence electrons. The van der Waals surface area contributed by atoms with Crippen molar-refractivity contribution in [1.82, 2.24) is 5.32 Å². The van der Waals surface area contributed by atoms with Gasteiger partial charge in [-0.3, -0.25) is 4.79 Å². The lowest BCUT2D eigenvalue weighted by Crippen LogP contribution is -2.46. The molecule has 0 aromatic heterocycles. The van der Waals surface area contributed by atoms with Crippen LogP contribution in [0, 0.1) is 10.8 Å². The number of nitrogens with one attached hydrogen (secondary N) is 1. The highest BCUT2D eigenvalue weighted by Gasteiger charge is 2.38. The summed E-state index contributed by atoms with van der Waals surface area (Å²) in [5.41, 5.74) is 0.619. The number of hydrogen-bond donors (Lipinski definition) is 1. The van der Waals surface area contributed by atoms with E-state index in [9.17, 15) is 4.79 Å². The first kappa shape index (κ1) is 15.5. The van der Waals surface area contributed by atoms with Gasteiger partial charge in [0, 0.05) is 12.6 Å². The molecule has 3 heteroatoms. The first-order valence-corrected chi connectivity index (χ1v) is 7.11. The lowest BCUT2D eigenvalue weighted by Gasteiger charge is -2.45. The van der Waals surface area contributed by atoms with E-state index in [4.69, 9.17) is 4.74 Å². The summed E-state index contributed by atoms with van der Waals surface area (Å²) in [4.78, 5) is 11.8. The maximum absolute atomic E-state index is 11.8. The Kier molecular flexibility index (Phi) is 5.20. The SMILES string of the molecule is CCCOCC(=O)NC1CC(C)(C)CC(C)(C)C1. The smallest absolute Gasteiger partial charge is 0.246 e. The molecule has 0 unspecified atom stereocenters. The van der Waals surface area contributed by atoms with Gasteiger partial charge in [0.1, 0.15) is 6.61 Å². The van der Waals surface area contributed by atoms with Crippen LogP contribution in [0.25, 0.3) is 0 Å². The summed E-state index contributed by atoms with van der Waals surface area (Å²) in [7, 11) is 0. The molecule has 0 aromatic rings. The van der Waals surface area contributed by atoms with E-state index in [1.54, 1.807) is 0 Å². The third-order valence-corrected chi connectivity index (χ3v) is 3.50. The molecule has 1 saturated carbocycles. The fraction of sp³-hybridized carbons (Fsp3) is 0.933. The second kappa shape index (κ2) is 6.05. The van der Waals surface area contributed by atoms with Crippen molar-refractivity contribution in [3.63, 3.8) is 0 Å². The summed E-state index contributed by atoms with van der Waals surface area (Å²) < 4.78 is 5.28. The molecule has 0 heterocycles. The van der Waals surface area contributed by atoms with Gasteiger partial charge in [-0.25, -0.2) is 0 Å². The van der Waals surface area contributed by atoms with E-state index in [-0.39, 0.29) is 12.5 Å². The topological polar surface area (TPSA) is 38.3 Å². The largest absolute Gasteiger partial charge is 0.372 e. The van der Waals surface area contributed by atoms with Crippen molar-refractivity contribution in [3.05, 3.63) is 0 Å². The first-order valence-electron chi connectivity index (χ1n) is 7.11. The molecule has 1 aliphatic rings. The van der Waals surface area contributed by atoms with Crippen molar-refractivity contribution in [1.29, 1.82) is 0 Å². The molecular formula is C15H29NO2. The van der Waals surface area contributed by atoms with Crippen molar-refractivity contribution in [2.24, 2.45) is 10.8 Å². The van der Waals surface area contributed by atoms with Gasteiger partial charge in [-0.15, -0.1) is 0 Å². The van der Waals surface area contributed by atoms with E-state index in [1.807, 2.05) is 6.92 Å². The van der Waals surface area contributed by atoms with Gasteiger partial charge >= 0.3 is 0 Å². The minimum absolute atomic E-state index is 0.0296. The first-order chi connectivity index (χ1) is 8.24. The third kappa shape index (κ3) is 5.38. The van der Waals surface area contributed by atoms with Gasteiger partial charge in [-0.2, -0.15) is 0 Å². The molecule has 0 radical (unpaired) electrons. The van der Waals surface area contributed by atoms with Crippen LogP contribution >= 0.6 is 0 Å². The highest BCUT2D eigenvalue weighted by atomic mass is 16.5. The van der Waals surface area contributed by atoms with Crippen molar-refractivity contribution in [3.8, 4) is 0 Å². The summed E-state index contributed by atoms with van der Waals surface area (Å²) in [5.74, 6) is 0.0296. The minimum atomic E-state index is 0.0296. The molecule has 18 heavy (non-hydrogen) atoms. The summed E-state index contributed by atoms with van der Waals surface area (Å²) >= 11 is 0. The zero-order chi connectivity index (χ0) is 13.8. The Morgan fingerprint density at radius 2 is 1.78 bits per heavy atom. The summed E-state index contributed by atoms with van der Waals surface area (Å²) in [6.07, 6.45) is 4.31. The van der Waals surface area contributed by atoms with Gasteiger partial charge in [0.2, 0.25) is 5.91 Å². The van der Waals surface area contributed by atoms with Crippen LogP contribution in [-0.4, -0.2) is 25.2 Å². The number of amides is 1. The van der Waals surface area contributed by atoms with E-state index < -0.39 is 0 Å². The van der Waals surface area contributed by atoms with Crippen molar-refractivity contribution >= 4 is 5.91 Å². The standard InChI is InChI=1S/C15H29NO2/c1-6-7-18-10-13(17)16-12-8-14(2,3)11-15(4,5)9-12/h12H,6-11H2,1-5H3,(H,16,17). The Hall–Kier alpha value is -0.570. The summed E-state index contributed by atoms with van der Waals surface area (Å²) in [6.45, 7) is 12.1. The monoisotopic (exact) mass is 255 g/mol. The molecular weight excluding hydrogens is 226 g/mol. The molecule has 0 spiro atoms. The molecule has 0 aliphatic heterocycles. The lowest BCUT2D eigenvalue weighted by molar-refractivity contribution is -0.127. The highest BCUT2D eigenvalue weighted by molar-refractivity contribution is 5.77. The van der Waals surface area contributed by atoms with Crippen LogP contribution < -0.4 is 5.32 Å². The number of carbonyl (C=O) groups is 1. The van der Waals surface area contributed by atoms with Gasteiger partial charge < -0.3 is 10.1 Å². The Morgan fingerprint density at radius 1 is 1.22 bits per heavy atom. The average molecular weight is 255 g/mol. The second-order valence-electron chi connectivity index (χ2n) is 7.23. The zero-order valence-electron chi connectivity index (χ0n) is 12.6. The Morgan fingerprint density at radius 3 is 2.28 bits per heavy atom. The van der Waals surface area contributed by atoms with Crippen LogP contribution in [0.2, 0.25) is 0 Å². The van der Waals surface area contributed by atoms with Crippen LogP contribution in [-0.2, 0) is 9.53 Å². The van der Waals surface area contributed by atoms with Gasteiger partial charge in [0.25, 0.3) is 0 Å². The van der Waals surface area contributed by atoms with E-state index in [1.165, 1.54) is 6.42 Å². The quantitative estimate of drug-likeness (QED) is 0.766. The molecule has 3 nitrogen and oxygen atoms in total. The normalized spacial score (nSPS) is 22.7. The number of rotatable bonds is 5. The fourth-order valence-corrected chi connectivity index (χ4v) is 3.53. The maximum Gasteiger partial charge on any atom is 0.246 e. The van der Waals surface area contributed by atoms with Gasteiger partial charge in [0.15, 0.2) is 0 Å². The van der Waals surface area contributed by atoms with E-state index in [0.29, 0.717) is 23.5 Å². The molecule has 1 fully saturated rings. The van der Waals surface area contributed by atoms with Crippen molar-refractivity contribution in [2.75, 3.05) is 13.2 Å². The molecule has 0 saturated heterocycles. The van der Waals surface area contributed by atoms with Crippen molar-refractivity contribution in [2.45, 2.75) is 66.3 Å². The molecule has 1 amide bonds. The van der Waals surface area contributed by atoms with Crippen LogP contribution in [0.15, 0.2) is 0 Å². The maximum atomic E-state index is 11.8.